The summed E-state index contributed by atoms with van der Waals surface area (Å²) >= 11 is 0. The van der Waals surface area contributed by atoms with E-state index in [1.54, 1.807) is 19.5 Å². The molecule has 0 radical (unpaired) electrons. The number of aromatic nitrogens is 4. The monoisotopic (exact) mass is 367 g/mol. The molecule has 1 saturated carbocycles. The van der Waals surface area contributed by atoms with Crippen LogP contribution in [0.4, 0.5) is 5.69 Å². The van der Waals surface area contributed by atoms with Gasteiger partial charge in [0.2, 0.25) is 5.88 Å². The molecular formula is C20H25N5O2. The minimum Gasteiger partial charge on any atom is -0.477 e. The van der Waals surface area contributed by atoms with Crippen molar-refractivity contribution in [2.24, 2.45) is 7.05 Å². The molecule has 142 valence electrons. The van der Waals surface area contributed by atoms with E-state index in [-0.39, 0.29) is 12.1 Å². The summed E-state index contributed by atoms with van der Waals surface area (Å²) in [5, 5.41) is 8.09. The Morgan fingerprint density at radius 1 is 1.33 bits per heavy atom. The summed E-state index contributed by atoms with van der Waals surface area (Å²) in [6, 6.07) is 6.23. The molecule has 3 heterocycles. The Balaban J connectivity index is 1.80. The molecule has 3 aromatic heterocycles. The van der Waals surface area contributed by atoms with E-state index in [2.05, 4.69) is 21.5 Å². The van der Waals surface area contributed by atoms with Gasteiger partial charge in [-0.3, -0.25) is 4.68 Å². The summed E-state index contributed by atoms with van der Waals surface area (Å²) in [5.74, 6) is 0.595. The standard InChI is InChI=1S/C20H25N5O2/c1-4-27-20-13(7-6-10-21-20)15-11-16(19-17(24-15)12-22-25(19)2)23-14-8-5-9-18(14)26-3/h6-7,10-12,14,18H,4-5,8-9H2,1-3H3,(H,23,24)/t14-,18-/m1/s1. The van der Waals surface area contributed by atoms with Crippen molar-refractivity contribution in [2.75, 3.05) is 19.0 Å². The topological polar surface area (TPSA) is 74.1 Å². The summed E-state index contributed by atoms with van der Waals surface area (Å²) in [5.41, 5.74) is 4.54. The fraction of sp³-hybridized carbons (Fsp3) is 0.450. The van der Waals surface area contributed by atoms with Crippen LogP contribution in [-0.2, 0) is 11.8 Å². The van der Waals surface area contributed by atoms with Crippen molar-refractivity contribution in [3.8, 4) is 17.1 Å². The number of nitrogens with one attached hydrogen (secondary N) is 1. The first-order chi connectivity index (χ1) is 13.2. The molecule has 0 saturated heterocycles. The maximum absolute atomic E-state index is 5.70. The number of nitrogens with zero attached hydrogens (tertiary/aromatic N) is 4. The zero-order valence-electron chi connectivity index (χ0n) is 16.0. The summed E-state index contributed by atoms with van der Waals surface area (Å²) in [7, 11) is 3.72. The van der Waals surface area contributed by atoms with Crippen LogP contribution in [0.1, 0.15) is 26.2 Å². The largest absolute Gasteiger partial charge is 0.477 e. The van der Waals surface area contributed by atoms with Gasteiger partial charge in [-0.15, -0.1) is 0 Å². The Morgan fingerprint density at radius 3 is 3.04 bits per heavy atom. The SMILES string of the molecule is CCOc1ncccc1-c1cc(N[C@@H]2CCC[C@H]2OC)c2c(cnn2C)n1. The van der Waals surface area contributed by atoms with E-state index in [1.807, 2.05) is 30.8 Å². The van der Waals surface area contributed by atoms with Crippen molar-refractivity contribution in [3.63, 3.8) is 0 Å². The van der Waals surface area contributed by atoms with Crippen LogP contribution in [-0.4, -0.2) is 45.6 Å². The lowest BCUT2D eigenvalue weighted by Gasteiger charge is -2.22. The van der Waals surface area contributed by atoms with E-state index in [4.69, 9.17) is 14.5 Å². The molecule has 0 bridgehead atoms. The second-order valence-corrected chi connectivity index (χ2v) is 6.80. The highest BCUT2D eigenvalue weighted by molar-refractivity contribution is 5.91. The smallest absolute Gasteiger partial charge is 0.222 e. The molecule has 7 heteroatoms. The molecule has 1 fully saturated rings. The van der Waals surface area contributed by atoms with Crippen LogP contribution in [0.2, 0.25) is 0 Å². The molecule has 0 aliphatic heterocycles. The predicted octanol–water partition coefficient (Wildman–Crippen LogP) is 3.41. The number of aryl methyl sites for hydroxylation is 1. The average molecular weight is 367 g/mol. The maximum atomic E-state index is 5.70. The van der Waals surface area contributed by atoms with Gasteiger partial charge in [-0.25, -0.2) is 9.97 Å². The van der Waals surface area contributed by atoms with Crippen LogP contribution in [0.3, 0.4) is 0 Å². The van der Waals surface area contributed by atoms with E-state index >= 15 is 0 Å². The Morgan fingerprint density at radius 2 is 2.22 bits per heavy atom. The second kappa shape index (κ2) is 7.52. The van der Waals surface area contributed by atoms with Gasteiger partial charge in [0.1, 0.15) is 11.0 Å². The number of fused-ring (bicyclic) bond motifs is 1. The molecule has 0 aromatic carbocycles. The van der Waals surface area contributed by atoms with Crippen molar-refractivity contribution in [3.05, 3.63) is 30.6 Å². The van der Waals surface area contributed by atoms with Crippen LogP contribution in [0.5, 0.6) is 5.88 Å². The van der Waals surface area contributed by atoms with E-state index in [9.17, 15) is 0 Å². The third-order valence-electron chi connectivity index (χ3n) is 5.12. The number of hydrogen-bond acceptors (Lipinski definition) is 6. The molecule has 0 spiro atoms. The molecule has 1 aliphatic rings. The molecule has 0 amide bonds. The summed E-state index contributed by atoms with van der Waals surface area (Å²) in [4.78, 5) is 9.17. The van der Waals surface area contributed by atoms with E-state index in [0.717, 1.165) is 40.8 Å². The van der Waals surface area contributed by atoms with Crippen LogP contribution < -0.4 is 10.1 Å². The van der Waals surface area contributed by atoms with E-state index in [0.29, 0.717) is 12.5 Å². The molecule has 1 N–H and O–H groups in total. The molecule has 7 nitrogen and oxygen atoms in total. The first kappa shape index (κ1) is 17.7. The van der Waals surface area contributed by atoms with Crippen molar-refractivity contribution < 1.29 is 9.47 Å². The van der Waals surface area contributed by atoms with Crippen molar-refractivity contribution in [1.29, 1.82) is 0 Å². The lowest BCUT2D eigenvalue weighted by atomic mass is 10.1. The highest BCUT2D eigenvalue weighted by Crippen LogP contribution is 2.34. The number of anilines is 1. The fourth-order valence-electron chi connectivity index (χ4n) is 3.85. The van der Waals surface area contributed by atoms with Gasteiger partial charge < -0.3 is 14.8 Å². The minimum atomic E-state index is 0.224. The highest BCUT2D eigenvalue weighted by atomic mass is 16.5. The van der Waals surface area contributed by atoms with Crippen molar-refractivity contribution >= 4 is 16.7 Å². The molecule has 27 heavy (non-hydrogen) atoms. The maximum Gasteiger partial charge on any atom is 0.222 e. The minimum absolute atomic E-state index is 0.224. The quantitative estimate of drug-likeness (QED) is 0.720. The lowest BCUT2D eigenvalue weighted by Crippen LogP contribution is -2.30. The highest BCUT2D eigenvalue weighted by Gasteiger charge is 2.28. The summed E-state index contributed by atoms with van der Waals surface area (Å²) in [6.45, 7) is 2.51. The summed E-state index contributed by atoms with van der Waals surface area (Å²) in [6.07, 6.45) is 7.09. The number of pyridine rings is 2. The van der Waals surface area contributed by atoms with Gasteiger partial charge in [0, 0.05) is 20.4 Å². The molecule has 1 aliphatic carbocycles. The number of ether oxygens (including phenoxy) is 2. The number of rotatable bonds is 6. The number of methoxy groups -OCH3 is 1. The lowest BCUT2D eigenvalue weighted by molar-refractivity contribution is 0.101. The van der Waals surface area contributed by atoms with Crippen molar-refractivity contribution in [2.45, 2.75) is 38.3 Å². The molecule has 3 aromatic rings. The Labute approximate surface area is 158 Å². The summed E-state index contributed by atoms with van der Waals surface area (Å²) < 4.78 is 13.2. The second-order valence-electron chi connectivity index (χ2n) is 6.80. The fourth-order valence-corrected chi connectivity index (χ4v) is 3.85. The number of hydrogen-bond donors (Lipinski definition) is 1. The molecule has 2 atom stereocenters. The Bertz CT molecular complexity index is 939. The van der Waals surface area contributed by atoms with Gasteiger partial charge in [-0.2, -0.15) is 5.10 Å². The van der Waals surface area contributed by atoms with Gasteiger partial charge in [-0.05, 0) is 44.4 Å². The van der Waals surface area contributed by atoms with Gasteiger partial charge >= 0.3 is 0 Å². The van der Waals surface area contributed by atoms with E-state index in [1.165, 1.54) is 6.42 Å². The molecular weight excluding hydrogens is 342 g/mol. The third kappa shape index (κ3) is 3.35. The zero-order chi connectivity index (χ0) is 18.8. The first-order valence-corrected chi connectivity index (χ1v) is 9.41. The zero-order valence-corrected chi connectivity index (χ0v) is 16.0. The van der Waals surface area contributed by atoms with Gasteiger partial charge in [-0.1, -0.05) is 0 Å². The van der Waals surface area contributed by atoms with Crippen LogP contribution in [0, 0.1) is 0 Å². The Hall–Kier alpha value is -2.67. The molecule has 4 rings (SSSR count). The van der Waals surface area contributed by atoms with E-state index < -0.39 is 0 Å². The Kier molecular flexibility index (Phi) is 4.94. The van der Waals surface area contributed by atoms with Gasteiger partial charge in [0.15, 0.2) is 0 Å². The average Bonchev–Trinajstić information content (AvgIpc) is 3.29. The van der Waals surface area contributed by atoms with Crippen LogP contribution in [0.15, 0.2) is 30.6 Å². The van der Waals surface area contributed by atoms with Crippen LogP contribution >= 0.6 is 0 Å². The van der Waals surface area contributed by atoms with Crippen LogP contribution in [0.25, 0.3) is 22.3 Å². The predicted molar refractivity (Wildman–Crippen MR) is 105 cm³/mol. The first-order valence-electron chi connectivity index (χ1n) is 9.41. The van der Waals surface area contributed by atoms with Crippen molar-refractivity contribution in [1.82, 2.24) is 19.7 Å². The molecule has 0 unspecified atom stereocenters. The normalized spacial score (nSPS) is 19.5. The third-order valence-corrected chi connectivity index (χ3v) is 5.12. The van der Waals surface area contributed by atoms with Gasteiger partial charge in [0.05, 0.1) is 41.9 Å². The van der Waals surface area contributed by atoms with Gasteiger partial charge in [0.25, 0.3) is 0 Å².